The molecule has 1 heterocycles. The predicted molar refractivity (Wildman–Crippen MR) is 88.6 cm³/mol. The van der Waals surface area contributed by atoms with Crippen molar-refractivity contribution in [2.24, 2.45) is 5.92 Å². The lowest BCUT2D eigenvalue weighted by atomic mass is 10.1. The molecule has 1 aromatic rings. The summed E-state index contributed by atoms with van der Waals surface area (Å²) < 4.78 is 0. The van der Waals surface area contributed by atoms with Crippen molar-refractivity contribution in [1.29, 1.82) is 0 Å². The quantitative estimate of drug-likeness (QED) is 0.856. The Morgan fingerprint density at radius 3 is 2.50 bits per heavy atom. The van der Waals surface area contributed by atoms with Crippen LogP contribution in [0.5, 0.6) is 0 Å². The summed E-state index contributed by atoms with van der Waals surface area (Å²) in [5.74, 6) is 1.55. The van der Waals surface area contributed by atoms with E-state index >= 15 is 0 Å². The van der Waals surface area contributed by atoms with Crippen molar-refractivity contribution >= 4 is 17.4 Å². The third-order valence-corrected chi connectivity index (χ3v) is 3.38. The summed E-state index contributed by atoms with van der Waals surface area (Å²) in [5, 5.41) is 4.17. The molecule has 0 aliphatic rings. The zero-order valence-electron chi connectivity index (χ0n) is 13.6. The van der Waals surface area contributed by atoms with Crippen LogP contribution in [0.15, 0.2) is 12.3 Å². The lowest BCUT2D eigenvalue weighted by molar-refractivity contribution is 0.424. The van der Waals surface area contributed by atoms with E-state index in [0.29, 0.717) is 5.92 Å². The first-order chi connectivity index (χ1) is 9.19. The molecular formula is C16H28ClN3. The van der Waals surface area contributed by atoms with E-state index in [0.717, 1.165) is 35.9 Å². The smallest absolute Gasteiger partial charge is 0.147 e. The van der Waals surface area contributed by atoms with Crippen LogP contribution < -0.4 is 10.2 Å². The molecule has 20 heavy (non-hydrogen) atoms. The van der Waals surface area contributed by atoms with Gasteiger partial charge in [0.05, 0.1) is 5.02 Å². The molecule has 1 N–H and O–H groups in total. The van der Waals surface area contributed by atoms with Gasteiger partial charge in [-0.2, -0.15) is 0 Å². The molecule has 0 unspecified atom stereocenters. The first-order valence-electron chi connectivity index (χ1n) is 7.29. The van der Waals surface area contributed by atoms with E-state index in [2.05, 4.69) is 49.8 Å². The van der Waals surface area contributed by atoms with Crippen LogP contribution in [0.1, 0.15) is 46.6 Å². The Labute approximate surface area is 128 Å². The molecule has 114 valence electrons. The van der Waals surface area contributed by atoms with Crippen molar-refractivity contribution in [3.8, 4) is 0 Å². The van der Waals surface area contributed by atoms with Gasteiger partial charge in [-0.3, -0.25) is 0 Å². The van der Waals surface area contributed by atoms with Gasteiger partial charge in [-0.25, -0.2) is 4.98 Å². The van der Waals surface area contributed by atoms with Crippen molar-refractivity contribution < 1.29 is 0 Å². The van der Waals surface area contributed by atoms with Crippen LogP contribution in [0.25, 0.3) is 0 Å². The van der Waals surface area contributed by atoms with Crippen LogP contribution in [0, 0.1) is 5.92 Å². The topological polar surface area (TPSA) is 28.2 Å². The maximum Gasteiger partial charge on any atom is 0.147 e. The molecule has 0 atom stereocenters. The molecule has 4 heteroatoms. The van der Waals surface area contributed by atoms with E-state index in [1.165, 1.54) is 0 Å². The fourth-order valence-electron chi connectivity index (χ4n) is 1.77. The number of hydrogen-bond acceptors (Lipinski definition) is 3. The van der Waals surface area contributed by atoms with Crippen molar-refractivity contribution in [1.82, 2.24) is 10.3 Å². The van der Waals surface area contributed by atoms with Gasteiger partial charge in [-0.05, 0) is 44.7 Å². The molecule has 0 radical (unpaired) electrons. The Bertz CT molecular complexity index is 424. The van der Waals surface area contributed by atoms with Crippen LogP contribution in [-0.2, 0) is 6.54 Å². The Morgan fingerprint density at radius 1 is 1.35 bits per heavy atom. The Balaban J connectivity index is 2.67. The van der Waals surface area contributed by atoms with Crippen LogP contribution in [0.4, 0.5) is 5.82 Å². The normalized spacial score (nSPS) is 12.0. The predicted octanol–water partition coefficient (Wildman–Crippen LogP) is 4.11. The number of hydrogen-bond donors (Lipinski definition) is 1. The highest BCUT2D eigenvalue weighted by Gasteiger charge is 2.12. The molecule has 0 bridgehead atoms. The van der Waals surface area contributed by atoms with E-state index in [1.807, 2.05) is 19.3 Å². The minimum absolute atomic E-state index is 0.0964. The van der Waals surface area contributed by atoms with E-state index in [9.17, 15) is 0 Å². The first kappa shape index (κ1) is 17.3. The van der Waals surface area contributed by atoms with Crippen LogP contribution >= 0.6 is 11.6 Å². The van der Waals surface area contributed by atoms with Gasteiger partial charge in [0.2, 0.25) is 0 Å². The molecule has 0 aromatic carbocycles. The summed E-state index contributed by atoms with van der Waals surface area (Å²) in [4.78, 5) is 6.64. The average molecular weight is 298 g/mol. The number of halogens is 1. The fourth-order valence-corrected chi connectivity index (χ4v) is 2.11. The molecular weight excluding hydrogens is 270 g/mol. The van der Waals surface area contributed by atoms with Crippen molar-refractivity contribution in [3.05, 3.63) is 22.8 Å². The fraction of sp³-hybridized carbons (Fsp3) is 0.688. The molecule has 0 saturated heterocycles. The summed E-state index contributed by atoms with van der Waals surface area (Å²) in [6, 6.07) is 2.01. The van der Waals surface area contributed by atoms with Gasteiger partial charge in [0.1, 0.15) is 5.82 Å². The third-order valence-electron chi connectivity index (χ3n) is 3.10. The monoisotopic (exact) mass is 297 g/mol. The summed E-state index contributed by atoms with van der Waals surface area (Å²) >= 11 is 6.36. The second-order valence-corrected chi connectivity index (χ2v) is 7.26. The third kappa shape index (κ3) is 6.10. The van der Waals surface area contributed by atoms with Gasteiger partial charge >= 0.3 is 0 Å². The Morgan fingerprint density at radius 2 is 2.00 bits per heavy atom. The first-order valence-corrected chi connectivity index (χ1v) is 7.67. The van der Waals surface area contributed by atoms with Gasteiger partial charge in [0, 0.05) is 31.9 Å². The molecule has 0 aliphatic carbocycles. The van der Waals surface area contributed by atoms with E-state index in [4.69, 9.17) is 11.6 Å². The Kier molecular flexibility index (Phi) is 6.28. The lowest BCUT2D eigenvalue weighted by Crippen LogP contribution is -2.35. The number of anilines is 1. The van der Waals surface area contributed by atoms with E-state index in [1.54, 1.807) is 0 Å². The zero-order valence-corrected chi connectivity index (χ0v) is 14.4. The lowest BCUT2D eigenvalue weighted by Gasteiger charge is -2.22. The summed E-state index contributed by atoms with van der Waals surface area (Å²) in [6.45, 7) is 12.7. The van der Waals surface area contributed by atoms with Crippen molar-refractivity contribution in [2.75, 3.05) is 18.5 Å². The summed E-state index contributed by atoms with van der Waals surface area (Å²) in [6.07, 6.45) is 3.05. The molecule has 1 rings (SSSR count). The van der Waals surface area contributed by atoms with Gasteiger partial charge in [0.15, 0.2) is 0 Å². The van der Waals surface area contributed by atoms with E-state index in [-0.39, 0.29) is 5.54 Å². The minimum Gasteiger partial charge on any atom is -0.358 e. The van der Waals surface area contributed by atoms with Gasteiger partial charge in [-0.15, -0.1) is 0 Å². The largest absolute Gasteiger partial charge is 0.358 e. The van der Waals surface area contributed by atoms with E-state index < -0.39 is 0 Å². The second kappa shape index (κ2) is 7.28. The van der Waals surface area contributed by atoms with Crippen LogP contribution in [0.3, 0.4) is 0 Å². The molecule has 1 aromatic heterocycles. The summed E-state index contributed by atoms with van der Waals surface area (Å²) in [7, 11) is 2.05. The number of aromatic nitrogens is 1. The highest BCUT2D eigenvalue weighted by Crippen LogP contribution is 2.24. The molecule has 0 spiro atoms. The maximum atomic E-state index is 6.36. The average Bonchev–Trinajstić information content (AvgIpc) is 2.32. The Hall–Kier alpha value is -0.800. The number of pyridine rings is 1. The maximum absolute atomic E-state index is 6.36. The van der Waals surface area contributed by atoms with Gasteiger partial charge in [-0.1, -0.05) is 25.4 Å². The zero-order chi connectivity index (χ0) is 15.3. The van der Waals surface area contributed by atoms with Crippen molar-refractivity contribution in [2.45, 2.75) is 53.1 Å². The van der Waals surface area contributed by atoms with Gasteiger partial charge < -0.3 is 10.2 Å². The molecule has 0 saturated carbocycles. The van der Waals surface area contributed by atoms with Crippen LogP contribution in [0.2, 0.25) is 5.02 Å². The number of nitrogens with zero attached hydrogens (tertiary/aromatic N) is 2. The highest BCUT2D eigenvalue weighted by molar-refractivity contribution is 6.33. The highest BCUT2D eigenvalue weighted by atomic mass is 35.5. The SMILES string of the molecule is CC(C)CCN(C)c1ncc(CNC(C)(C)C)cc1Cl. The molecule has 0 amide bonds. The second-order valence-electron chi connectivity index (χ2n) is 6.86. The molecule has 0 fully saturated rings. The summed E-state index contributed by atoms with van der Waals surface area (Å²) in [5.41, 5.74) is 1.21. The number of nitrogens with one attached hydrogen (secondary N) is 1. The van der Waals surface area contributed by atoms with Crippen LogP contribution in [-0.4, -0.2) is 24.1 Å². The van der Waals surface area contributed by atoms with Gasteiger partial charge in [0.25, 0.3) is 0 Å². The minimum atomic E-state index is 0.0964. The molecule has 3 nitrogen and oxygen atoms in total. The molecule has 0 aliphatic heterocycles. The standard InChI is InChI=1S/C16H28ClN3/c1-12(2)7-8-20(6)15-14(17)9-13(10-18-15)11-19-16(3,4)5/h9-10,12,19H,7-8,11H2,1-6H3. The number of rotatable bonds is 6. The van der Waals surface area contributed by atoms with Crippen molar-refractivity contribution in [3.63, 3.8) is 0 Å².